The smallest absolute Gasteiger partial charge is 0.335 e. The van der Waals surface area contributed by atoms with Gasteiger partial charge in [0.15, 0.2) is 0 Å². The summed E-state index contributed by atoms with van der Waals surface area (Å²) in [5, 5.41) is 17.1. The van der Waals surface area contributed by atoms with E-state index in [-0.39, 0.29) is 5.56 Å². The maximum absolute atomic E-state index is 10.9. The molecule has 0 unspecified atom stereocenters. The van der Waals surface area contributed by atoms with Gasteiger partial charge in [-0.15, -0.1) is 5.10 Å². The second-order valence-electron chi connectivity index (χ2n) is 4.44. The number of carbonyl (C=O) groups is 1. The molecule has 0 spiro atoms. The van der Waals surface area contributed by atoms with E-state index in [1.807, 2.05) is 25.1 Å². The number of benzene rings is 2. The highest BCUT2D eigenvalue weighted by atomic mass is 79.9. The molecule has 0 bridgehead atoms. The summed E-state index contributed by atoms with van der Waals surface area (Å²) >= 11 is 3.46. The van der Waals surface area contributed by atoms with Gasteiger partial charge in [0.25, 0.3) is 0 Å². The summed E-state index contributed by atoms with van der Waals surface area (Å²) in [5.41, 5.74) is 3.52. The molecule has 0 saturated carbocycles. The predicted molar refractivity (Wildman–Crippen MR) is 78.3 cm³/mol. The maximum atomic E-state index is 10.9. The van der Waals surface area contributed by atoms with E-state index in [2.05, 4.69) is 26.2 Å². The zero-order valence-corrected chi connectivity index (χ0v) is 12.1. The minimum atomic E-state index is -0.971. The number of aryl methyl sites for hydroxylation is 1. The van der Waals surface area contributed by atoms with Gasteiger partial charge in [0.05, 0.1) is 16.8 Å². The summed E-state index contributed by atoms with van der Waals surface area (Å²) in [6, 6.07) is 10.7. The molecule has 5 nitrogen and oxygen atoms in total. The van der Waals surface area contributed by atoms with E-state index in [1.165, 1.54) is 6.07 Å². The van der Waals surface area contributed by atoms with Crippen LogP contribution in [0.15, 0.2) is 40.9 Å². The molecule has 0 radical (unpaired) electrons. The van der Waals surface area contributed by atoms with E-state index in [1.54, 1.807) is 16.8 Å². The first kappa shape index (κ1) is 12.8. The number of nitrogens with zero attached hydrogens (tertiary/aromatic N) is 3. The third-order valence-corrected chi connectivity index (χ3v) is 3.97. The van der Waals surface area contributed by atoms with Gasteiger partial charge in [-0.25, -0.2) is 9.48 Å². The number of rotatable bonds is 2. The number of aromatic nitrogens is 3. The van der Waals surface area contributed by atoms with Crippen LogP contribution in [0, 0.1) is 6.92 Å². The average molecular weight is 332 g/mol. The summed E-state index contributed by atoms with van der Waals surface area (Å²) in [4.78, 5) is 10.9. The van der Waals surface area contributed by atoms with E-state index >= 15 is 0 Å². The highest BCUT2D eigenvalue weighted by molar-refractivity contribution is 9.10. The van der Waals surface area contributed by atoms with Crippen LogP contribution in [0.25, 0.3) is 16.7 Å². The van der Waals surface area contributed by atoms with E-state index in [9.17, 15) is 4.79 Å². The zero-order chi connectivity index (χ0) is 14.3. The summed E-state index contributed by atoms with van der Waals surface area (Å²) in [6.45, 7) is 2.00. The first-order valence-corrected chi connectivity index (χ1v) is 6.71. The molecule has 0 saturated heterocycles. The van der Waals surface area contributed by atoms with Crippen LogP contribution in [-0.4, -0.2) is 26.1 Å². The molecule has 0 aliphatic carbocycles. The van der Waals surface area contributed by atoms with Gasteiger partial charge in [0.2, 0.25) is 0 Å². The third kappa shape index (κ3) is 2.08. The molecule has 0 amide bonds. The lowest BCUT2D eigenvalue weighted by molar-refractivity contribution is 0.0697. The highest BCUT2D eigenvalue weighted by Crippen LogP contribution is 2.22. The number of hydrogen-bond acceptors (Lipinski definition) is 3. The van der Waals surface area contributed by atoms with Crippen LogP contribution in [0.2, 0.25) is 0 Å². The fraction of sp³-hybridized carbons (Fsp3) is 0.0714. The largest absolute Gasteiger partial charge is 0.478 e. The Kier molecular flexibility index (Phi) is 3.02. The Morgan fingerprint density at radius 3 is 2.75 bits per heavy atom. The van der Waals surface area contributed by atoms with Crippen molar-refractivity contribution < 1.29 is 9.90 Å². The molecule has 0 aliphatic heterocycles. The van der Waals surface area contributed by atoms with Crippen LogP contribution in [-0.2, 0) is 0 Å². The molecule has 3 rings (SSSR count). The molecule has 0 fully saturated rings. The van der Waals surface area contributed by atoms with Crippen molar-refractivity contribution in [2.45, 2.75) is 6.92 Å². The molecule has 1 N–H and O–H groups in total. The second-order valence-corrected chi connectivity index (χ2v) is 5.30. The van der Waals surface area contributed by atoms with Crippen LogP contribution >= 0.6 is 15.9 Å². The summed E-state index contributed by atoms with van der Waals surface area (Å²) in [7, 11) is 0. The van der Waals surface area contributed by atoms with Crippen molar-refractivity contribution >= 4 is 32.9 Å². The van der Waals surface area contributed by atoms with Crippen LogP contribution in [0.4, 0.5) is 0 Å². The quantitative estimate of drug-likeness (QED) is 0.783. The summed E-state index contributed by atoms with van der Waals surface area (Å²) in [6.07, 6.45) is 0. The van der Waals surface area contributed by atoms with Crippen LogP contribution in [0.5, 0.6) is 0 Å². The molecule has 1 heterocycles. The Labute approximate surface area is 123 Å². The average Bonchev–Trinajstić information content (AvgIpc) is 2.84. The molecule has 1 aromatic heterocycles. The SMILES string of the molecule is Cc1cc(-n2nnc3cc(C(=O)O)ccc32)ccc1Br. The second kappa shape index (κ2) is 4.72. The predicted octanol–water partition coefficient (Wildman–Crippen LogP) is 3.19. The number of carboxylic acids is 1. The Morgan fingerprint density at radius 1 is 1.25 bits per heavy atom. The fourth-order valence-corrected chi connectivity index (χ4v) is 2.25. The molecule has 0 atom stereocenters. The van der Waals surface area contributed by atoms with Gasteiger partial charge < -0.3 is 5.11 Å². The molecular formula is C14H10BrN3O2. The molecule has 100 valence electrons. The molecule has 3 aromatic rings. The van der Waals surface area contributed by atoms with Gasteiger partial charge in [0, 0.05) is 4.47 Å². The van der Waals surface area contributed by atoms with Crippen molar-refractivity contribution in [1.82, 2.24) is 15.0 Å². The molecule has 2 aromatic carbocycles. The van der Waals surface area contributed by atoms with Crippen molar-refractivity contribution in [3.63, 3.8) is 0 Å². The van der Waals surface area contributed by atoms with Crippen molar-refractivity contribution in [2.75, 3.05) is 0 Å². The van der Waals surface area contributed by atoms with Crippen molar-refractivity contribution in [3.8, 4) is 5.69 Å². The van der Waals surface area contributed by atoms with Crippen LogP contribution < -0.4 is 0 Å². The molecular weight excluding hydrogens is 322 g/mol. The van der Waals surface area contributed by atoms with Gasteiger partial charge in [-0.3, -0.25) is 0 Å². The van der Waals surface area contributed by atoms with Crippen LogP contribution in [0.1, 0.15) is 15.9 Å². The highest BCUT2D eigenvalue weighted by Gasteiger charge is 2.10. The fourth-order valence-electron chi connectivity index (χ4n) is 2.01. The summed E-state index contributed by atoms with van der Waals surface area (Å²) in [5.74, 6) is -0.971. The van der Waals surface area contributed by atoms with Crippen molar-refractivity contribution in [2.24, 2.45) is 0 Å². The monoisotopic (exact) mass is 331 g/mol. The Balaban J connectivity index is 2.17. The van der Waals surface area contributed by atoms with Crippen molar-refractivity contribution in [3.05, 3.63) is 52.0 Å². The lowest BCUT2D eigenvalue weighted by atomic mass is 10.2. The number of carboxylic acid groups (broad SMARTS) is 1. The number of hydrogen-bond donors (Lipinski definition) is 1. The van der Waals surface area contributed by atoms with Gasteiger partial charge in [0.1, 0.15) is 5.52 Å². The summed E-state index contributed by atoms with van der Waals surface area (Å²) < 4.78 is 2.72. The molecule has 6 heteroatoms. The van der Waals surface area contributed by atoms with Crippen LogP contribution in [0.3, 0.4) is 0 Å². The maximum Gasteiger partial charge on any atom is 0.335 e. The van der Waals surface area contributed by atoms with E-state index in [0.717, 1.165) is 21.2 Å². The van der Waals surface area contributed by atoms with E-state index in [4.69, 9.17) is 5.11 Å². The Bertz CT molecular complexity index is 826. The first-order valence-electron chi connectivity index (χ1n) is 5.91. The zero-order valence-electron chi connectivity index (χ0n) is 10.5. The number of fused-ring (bicyclic) bond motifs is 1. The van der Waals surface area contributed by atoms with Gasteiger partial charge in [-0.05, 0) is 48.9 Å². The third-order valence-electron chi connectivity index (χ3n) is 3.08. The Morgan fingerprint density at radius 2 is 2.05 bits per heavy atom. The number of halogens is 1. The topological polar surface area (TPSA) is 68.0 Å². The Hall–Kier alpha value is -2.21. The van der Waals surface area contributed by atoms with E-state index < -0.39 is 5.97 Å². The van der Waals surface area contributed by atoms with E-state index in [0.29, 0.717) is 5.52 Å². The lowest BCUT2D eigenvalue weighted by Gasteiger charge is -2.05. The minimum Gasteiger partial charge on any atom is -0.478 e. The normalized spacial score (nSPS) is 10.9. The number of aromatic carboxylic acids is 1. The molecule has 20 heavy (non-hydrogen) atoms. The van der Waals surface area contributed by atoms with Crippen molar-refractivity contribution in [1.29, 1.82) is 0 Å². The standard InChI is InChI=1S/C14H10BrN3O2/c1-8-6-10(3-4-11(8)15)18-13-5-2-9(14(19)20)7-12(13)16-17-18/h2-7H,1H3,(H,19,20). The van der Waals surface area contributed by atoms with Gasteiger partial charge >= 0.3 is 5.97 Å². The van der Waals surface area contributed by atoms with Gasteiger partial charge in [-0.2, -0.15) is 0 Å². The lowest BCUT2D eigenvalue weighted by Crippen LogP contribution is -1.98. The first-order chi connectivity index (χ1) is 9.56. The van der Waals surface area contributed by atoms with Gasteiger partial charge in [-0.1, -0.05) is 21.1 Å². The minimum absolute atomic E-state index is 0.205. The molecule has 0 aliphatic rings.